The Morgan fingerprint density at radius 2 is 1.42 bits per heavy atom. The van der Waals surface area contributed by atoms with Crippen LogP contribution >= 0.6 is 34.8 Å². The summed E-state index contributed by atoms with van der Waals surface area (Å²) < 4.78 is 7.75. The van der Waals surface area contributed by atoms with Gasteiger partial charge in [0.2, 0.25) is 3.79 Å². The first-order chi connectivity index (χ1) is 8.39. The van der Waals surface area contributed by atoms with Crippen LogP contribution in [0.15, 0.2) is 0 Å². The van der Waals surface area contributed by atoms with Crippen LogP contribution in [0.4, 0.5) is 0 Å². The second kappa shape index (κ2) is 7.31. The lowest BCUT2D eigenvalue weighted by molar-refractivity contribution is -0.156. The predicted octanol–water partition coefficient (Wildman–Crippen LogP) is 2.59. The highest BCUT2D eigenvalue weighted by atomic mass is 35.6. The van der Waals surface area contributed by atoms with E-state index in [2.05, 4.69) is 4.74 Å². The standard InChI is InChI=1S/C11H15Cl3O5/c1-10(2,3)19-9(17)5-7(15)4-8(16)18-6-11(12,13)14/h4-6H2,1-3H3. The summed E-state index contributed by atoms with van der Waals surface area (Å²) in [5.41, 5.74) is -0.687. The molecule has 0 aliphatic carbocycles. The lowest BCUT2D eigenvalue weighted by atomic mass is 10.2. The fourth-order valence-electron chi connectivity index (χ4n) is 0.975. The topological polar surface area (TPSA) is 69.7 Å². The van der Waals surface area contributed by atoms with E-state index in [9.17, 15) is 14.4 Å². The Morgan fingerprint density at radius 3 is 1.84 bits per heavy atom. The van der Waals surface area contributed by atoms with Gasteiger partial charge in [0.15, 0.2) is 5.78 Å². The second-order valence-electron chi connectivity index (χ2n) is 4.75. The summed E-state index contributed by atoms with van der Waals surface area (Å²) in [7, 11) is 0. The van der Waals surface area contributed by atoms with Gasteiger partial charge in [-0.2, -0.15) is 0 Å². The molecule has 0 fully saturated rings. The molecule has 0 atom stereocenters. The van der Waals surface area contributed by atoms with Crippen LogP contribution in [-0.2, 0) is 23.9 Å². The quantitative estimate of drug-likeness (QED) is 0.439. The van der Waals surface area contributed by atoms with Crippen molar-refractivity contribution in [1.29, 1.82) is 0 Å². The predicted molar refractivity (Wildman–Crippen MR) is 71.3 cm³/mol. The third-order valence-electron chi connectivity index (χ3n) is 1.50. The summed E-state index contributed by atoms with van der Waals surface area (Å²) in [5.74, 6) is -2.19. The van der Waals surface area contributed by atoms with E-state index in [1.165, 1.54) is 0 Å². The number of carbonyl (C=O) groups excluding carboxylic acids is 3. The van der Waals surface area contributed by atoms with Gasteiger partial charge in [0, 0.05) is 0 Å². The lowest BCUT2D eigenvalue weighted by Crippen LogP contribution is -2.26. The largest absolute Gasteiger partial charge is 0.461 e. The van der Waals surface area contributed by atoms with Crippen LogP contribution < -0.4 is 0 Å². The summed E-state index contributed by atoms with van der Waals surface area (Å²) in [4.78, 5) is 33.9. The zero-order chi connectivity index (χ0) is 15.3. The number of ether oxygens (including phenoxy) is 2. The number of ketones is 1. The van der Waals surface area contributed by atoms with Crippen molar-refractivity contribution in [2.75, 3.05) is 6.61 Å². The number of Topliss-reactive ketones (excluding diaryl/α,β-unsaturated/α-hetero) is 1. The van der Waals surface area contributed by atoms with Crippen LogP contribution in [0.25, 0.3) is 0 Å². The molecule has 0 amide bonds. The molecule has 0 aromatic carbocycles. The van der Waals surface area contributed by atoms with Crippen LogP contribution in [0.1, 0.15) is 33.6 Å². The molecule has 19 heavy (non-hydrogen) atoms. The maximum atomic E-state index is 11.4. The number of carbonyl (C=O) groups is 3. The molecule has 0 saturated heterocycles. The van der Waals surface area contributed by atoms with Crippen molar-refractivity contribution in [3.05, 3.63) is 0 Å². The first-order valence-electron chi connectivity index (χ1n) is 5.35. The van der Waals surface area contributed by atoms with E-state index in [0.717, 1.165) is 0 Å². The van der Waals surface area contributed by atoms with Crippen molar-refractivity contribution in [3.8, 4) is 0 Å². The third kappa shape index (κ3) is 12.3. The molecule has 0 radical (unpaired) electrons. The maximum absolute atomic E-state index is 11.4. The van der Waals surface area contributed by atoms with E-state index < -0.39 is 46.6 Å². The van der Waals surface area contributed by atoms with Gasteiger partial charge < -0.3 is 9.47 Å². The minimum Gasteiger partial charge on any atom is -0.461 e. The van der Waals surface area contributed by atoms with Crippen LogP contribution in [0.2, 0.25) is 0 Å². The van der Waals surface area contributed by atoms with E-state index in [-0.39, 0.29) is 0 Å². The molecule has 8 heteroatoms. The SMILES string of the molecule is CC(C)(C)OC(=O)CC(=O)CC(=O)OCC(Cl)(Cl)Cl. The molecule has 5 nitrogen and oxygen atoms in total. The fourth-order valence-corrected chi connectivity index (χ4v) is 1.14. The van der Waals surface area contributed by atoms with Crippen LogP contribution in [-0.4, -0.2) is 33.7 Å². The summed E-state index contributed by atoms with van der Waals surface area (Å²) in [6.07, 6.45) is -1.07. The van der Waals surface area contributed by atoms with E-state index in [1.807, 2.05) is 0 Å². The van der Waals surface area contributed by atoms with Gasteiger partial charge in [-0.3, -0.25) is 14.4 Å². The second-order valence-corrected chi connectivity index (χ2v) is 7.27. The molecule has 110 valence electrons. The lowest BCUT2D eigenvalue weighted by Gasteiger charge is -2.19. The monoisotopic (exact) mass is 332 g/mol. The Balaban J connectivity index is 4.05. The zero-order valence-electron chi connectivity index (χ0n) is 10.8. The van der Waals surface area contributed by atoms with Gasteiger partial charge >= 0.3 is 11.9 Å². The Bertz CT molecular complexity index is 354. The third-order valence-corrected chi connectivity index (χ3v) is 1.83. The first-order valence-corrected chi connectivity index (χ1v) is 6.48. The van der Waals surface area contributed by atoms with E-state index in [4.69, 9.17) is 39.5 Å². The van der Waals surface area contributed by atoms with Crippen molar-refractivity contribution in [3.63, 3.8) is 0 Å². The Labute approximate surface area is 126 Å². The Morgan fingerprint density at radius 1 is 0.947 bits per heavy atom. The van der Waals surface area contributed by atoms with Crippen LogP contribution in [0.3, 0.4) is 0 Å². The number of rotatable bonds is 5. The van der Waals surface area contributed by atoms with Gasteiger partial charge in [0.1, 0.15) is 25.0 Å². The molecule has 0 heterocycles. The van der Waals surface area contributed by atoms with Gasteiger partial charge in [-0.05, 0) is 20.8 Å². The average Bonchev–Trinajstić information content (AvgIpc) is 2.09. The summed E-state index contributed by atoms with van der Waals surface area (Å²) in [6, 6.07) is 0. The van der Waals surface area contributed by atoms with Crippen molar-refractivity contribution in [2.45, 2.75) is 43.0 Å². The zero-order valence-corrected chi connectivity index (χ0v) is 13.1. The number of alkyl halides is 3. The average molecular weight is 334 g/mol. The highest BCUT2D eigenvalue weighted by Gasteiger charge is 2.24. The van der Waals surface area contributed by atoms with E-state index in [1.54, 1.807) is 20.8 Å². The van der Waals surface area contributed by atoms with Crippen LogP contribution in [0, 0.1) is 0 Å². The van der Waals surface area contributed by atoms with Crippen molar-refractivity contribution >= 4 is 52.5 Å². The van der Waals surface area contributed by atoms with E-state index >= 15 is 0 Å². The molecule has 0 aromatic heterocycles. The van der Waals surface area contributed by atoms with Gasteiger partial charge in [0.25, 0.3) is 0 Å². The molecule has 0 rings (SSSR count). The van der Waals surface area contributed by atoms with Crippen molar-refractivity contribution in [2.24, 2.45) is 0 Å². The highest BCUT2D eigenvalue weighted by Crippen LogP contribution is 2.26. The molecule has 0 unspecified atom stereocenters. The van der Waals surface area contributed by atoms with Crippen molar-refractivity contribution in [1.82, 2.24) is 0 Å². The van der Waals surface area contributed by atoms with Gasteiger partial charge in [-0.15, -0.1) is 0 Å². The number of hydrogen-bond donors (Lipinski definition) is 0. The Hall–Kier alpha value is -0.520. The normalized spacial score (nSPS) is 11.9. The minimum absolute atomic E-state index is 0.462. The fraction of sp³-hybridized carbons (Fsp3) is 0.727. The van der Waals surface area contributed by atoms with Crippen molar-refractivity contribution < 1.29 is 23.9 Å². The molecule has 0 aromatic rings. The maximum Gasteiger partial charge on any atom is 0.313 e. The molecular formula is C11H15Cl3O5. The molecule has 0 spiro atoms. The molecule has 0 bridgehead atoms. The first kappa shape index (κ1) is 18.5. The minimum atomic E-state index is -1.73. The smallest absolute Gasteiger partial charge is 0.313 e. The number of esters is 2. The van der Waals surface area contributed by atoms with Crippen LogP contribution in [0.5, 0.6) is 0 Å². The number of halogens is 3. The molecule has 0 aliphatic heterocycles. The molecule has 0 aliphatic rings. The van der Waals surface area contributed by atoms with E-state index in [0.29, 0.717) is 0 Å². The van der Waals surface area contributed by atoms with Gasteiger partial charge in [-0.25, -0.2) is 0 Å². The molecule has 0 N–H and O–H groups in total. The molecular weight excluding hydrogens is 318 g/mol. The van der Waals surface area contributed by atoms with Gasteiger partial charge in [0.05, 0.1) is 0 Å². The molecule has 0 saturated carbocycles. The summed E-state index contributed by atoms with van der Waals surface area (Å²) in [5, 5.41) is 0. The highest BCUT2D eigenvalue weighted by molar-refractivity contribution is 6.67. The van der Waals surface area contributed by atoms with Gasteiger partial charge in [-0.1, -0.05) is 34.8 Å². The Kier molecular flexibility index (Phi) is 7.11. The summed E-state index contributed by atoms with van der Waals surface area (Å²) >= 11 is 16.1. The number of hydrogen-bond acceptors (Lipinski definition) is 5. The summed E-state index contributed by atoms with van der Waals surface area (Å²) in [6.45, 7) is 4.55.